The molecule has 0 aliphatic carbocycles. The number of hydrogen-bond donors (Lipinski definition) is 1. The maximum absolute atomic E-state index is 12.5. The summed E-state index contributed by atoms with van der Waals surface area (Å²) in [5, 5.41) is 2.48. The van der Waals surface area contributed by atoms with E-state index in [1.807, 2.05) is 4.90 Å². The highest BCUT2D eigenvalue weighted by molar-refractivity contribution is 7.89. The SMILES string of the molecule is COCC(C)S(=O)(=O)N1CCCC(N2CCNCC2=O)C1.Cl. The average molecular weight is 356 g/mol. The Morgan fingerprint density at radius 1 is 1.41 bits per heavy atom. The largest absolute Gasteiger partial charge is 0.383 e. The van der Waals surface area contributed by atoms with Gasteiger partial charge in [0, 0.05) is 39.3 Å². The molecule has 2 fully saturated rings. The van der Waals surface area contributed by atoms with Crippen LogP contribution in [0.5, 0.6) is 0 Å². The van der Waals surface area contributed by atoms with E-state index < -0.39 is 15.3 Å². The molecule has 0 saturated carbocycles. The molecule has 1 amide bonds. The van der Waals surface area contributed by atoms with Crippen molar-refractivity contribution in [1.29, 1.82) is 0 Å². The molecule has 7 nitrogen and oxygen atoms in total. The Morgan fingerprint density at radius 2 is 2.14 bits per heavy atom. The van der Waals surface area contributed by atoms with Crippen molar-refractivity contribution in [3.8, 4) is 0 Å². The molecule has 2 aliphatic heterocycles. The van der Waals surface area contributed by atoms with Gasteiger partial charge in [0.25, 0.3) is 0 Å². The molecule has 0 radical (unpaired) electrons. The molecular formula is C13H26ClN3O4S. The maximum atomic E-state index is 12.5. The van der Waals surface area contributed by atoms with Crippen LogP contribution in [0.3, 0.4) is 0 Å². The van der Waals surface area contributed by atoms with E-state index in [1.165, 1.54) is 11.4 Å². The lowest BCUT2D eigenvalue weighted by Crippen LogP contribution is -2.58. The first-order chi connectivity index (χ1) is 9.96. The van der Waals surface area contributed by atoms with Crippen molar-refractivity contribution in [1.82, 2.24) is 14.5 Å². The summed E-state index contributed by atoms with van der Waals surface area (Å²) in [5.74, 6) is 0.0652. The number of rotatable bonds is 5. The second-order valence-electron chi connectivity index (χ2n) is 5.73. The monoisotopic (exact) mass is 355 g/mol. The summed E-state index contributed by atoms with van der Waals surface area (Å²) in [5.41, 5.74) is 0. The lowest BCUT2D eigenvalue weighted by molar-refractivity contribution is -0.135. The summed E-state index contributed by atoms with van der Waals surface area (Å²) in [6.07, 6.45) is 1.66. The Hall–Kier alpha value is -0.410. The molecule has 2 saturated heterocycles. The van der Waals surface area contributed by atoms with Gasteiger partial charge in [-0.3, -0.25) is 4.79 Å². The minimum Gasteiger partial charge on any atom is -0.383 e. The van der Waals surface area contributed by atoms with Crippen LogP contribution in [-0.2, 0) is 19.6 Å². The van der Waals surface area contributed by atoms with Crippen LogP contribution in [0, 0.1) is 0 Å². The second-order valence-corrected chi connectivity index (χ2v) is 8.08. The quantitative estimate of drug-likeness (QED) is 0.730. The topological polar surface area (TPSA) is 79.0 Å². The highest BCUT2D eigenvalue weighted by Gasteiger charge is 2.36. The third-order valence-corrected chi connectivity index (χ3v) is 6.40. The molecular weight excluding hydrogens is 330 g/mol. The van der Waals surface area contributed by atoms with Crippen LogP contribution in [0.4, 0.5) is 0 Å². The number of halogens is 1. The molecule has 9 heteroatoms. The number of ether oxygens (including phenoxy) is 1. The number of carbonyl (C=O) groups excluding carboxylic acids is 1. The second kappa shape index (κ2) is 8.44. The molecule has 2 atom stereocenters. The van der Waals surface area contributed by atoms with Gasteiger partial charge in [0.2, 0.25) is 15.9 Å². The molecule has 0 bridgehead atoms. The smallest absolute Gasteiger partial charge is 0.236 e. The van der Waals surface area contributed by atoms with E-state index in [1.54, 1.807) is 6.92 Å². The number of nitrogens with zero attached hydrogens (tertiary/aromatic N) is 2. The zero-order chi connectivity index (χ0) is 15.5. The minimum absolute atomic E-state index is 0. The summed E-state index contributed by atoms with van der Waals surface area (Å²) in [4.78, 5) is 13.8. The number of piperidine rings is 1. The van der Waals surface area contributed by atoms with Crippen molar-refractivity contribution in [3.05, 3.63) is 0 Å². The minimum atomic E-state index is -3.36. The van der Waals surface area contributed by atoms with E-state index in [0.717, 1.165) is 19.4 Å². The molecule has 1 N–H and O–H groups in total. The van der Waals surface area contributed by atoms with E-state index in [0.29, 0.717) is 26.2 Å². The van der Waals surface area contributed by atoms with Crippen LogP contribution in [0.15, 0.2) is 0 Å². The van der Waals surface area contributed by atoms with Crippen molar-refractivity contribution in [2.45, 2.75) is 31.1 Å². The zero-order valence-corrected chi connectivity index (χ0v) is 14.8. The van der Waals surface area contributed by atoms with Crippen LogP contribution in [0.25, 0.3) is 0 Å². The third-order valence-electron chi connectivity index (χ3n) is 4.20. The third kappa shape index (κ3) is 4.32. The number of sulfonamides is 1. The average Bonchev–Trinajstić information content (AvgIpc) is 2.48. The Morgan fingerprint density at radius 3 is 2.77 bits per heavy atom. The van der Waals surface area contributed by atoms with Gasteiger partial charge in [-0.05, 0) is 19.8 Å². The first-order valence-electron chi connectivity index (χ1n) is 7.45. The molecule has 0 aromatic carbocycles. The number of methoxy groups -OCH3 is 1. The summed E-state index contributed by atoms with van der Waals surface area (Å²) in [6, 6.07) is -0.00197. The number of piperazine rings is 1. The highest BCUT2D eigenvalue weighted by Crippen LogP contribution is 2.21. The number of nitrogens with one attached hydrogen (secondary N) is 1. The highest BCUT2D eigenvalue weighted by atomic mass is 35.5. The van der Waals surface area contributed by atoms with Gasteiger partial charge in [0.15, 0.2) is 0 Å². The molecule has 2 aliphatic rings. The molecule has 22 heavy (non-hydrogen) atoms. The Bertz CT molecular complexity index is 474. The van der Waals surface area contributed by atoms with E-state index >= 15 is 0 Å². The first kappa shape index (κ1) is 19.6. The van der Waals surface area contributed by atoms with Gasteiger partial charge in [-0.25, -0.2) is 8.42 Å². The molecule has 0 spiro atoms. The van der Waals surface area contributed by atoms with Gasteiger partial charge >= 0.3 is 0 Å². The molecule has 0 aromatic rings. The Labute approximate surface area is 138 Å². The van der Waals surface area contributed by atoms with Crippen LogP contribution >= 0.6 is 12.4 Å². The standard InChI is InChI=1S/C13H25N3O4S.ClH/c1-11(10-20-2)21(18,19)15-6-3-4-12(9-15)16-7-5-14-8-13(16)17;/h11-12,14H,3-10H2,1-2H3;1H. The predicted molar refractivity (Wildman–Crippen MR) is 86.7 cm³/mol. The maximum Gasteiger partial charge on any atom is 0.236 e. The van der Waals surface area contributed by atoms with Gasteiger partial charge in [-0.1, -0.05) is 0 Å². The molecule has 0 aromatic heterocycles. The fraction of sp³-hybridized carbons (Fsp3) is 0.923. The lowest BCUT2D eigenvalue weighted by Gasteiger charge is -2.41. The summed E-state index contributed by atoms with van der Waals surface area (Å²) < 4.78 is 31.5. The van der Waals surface area contributed by atoms with E-state index in [2.05, 4.69) is 5.32 Å². The number of carbonyl (C=O) groups is 1. The van der Waals surface area contributed by atoms with Crippen molar-refractivity contribution in [2.24, 2.45) is 0 Å². The van der Waals surface area contributed by atoms with E-state index in [9.17, 15) is 13.2 Å². The van der Waals surface area contributed by atoms with Gasteiger partial charge in [-0.15, -0.1) is 12.4 Å². The van der Waals surface area contributed by atoms with Crippen LogP contribution in [0.2, 0.25) is 0 Å². The van der Waals surface area contributed by atoms with Crippen LogP contribution in [-0.4, -0.2) is 81.3 Å². The number of amides is 1. The lowest BCUT2D eigenvalue weighted by atomic mass is 10.1. The predicted octanol–water partition coefficient (Wildman–Crippen LogP) is -0.331. The van der Waals surface area contributed by atoms with Crippen LogP contribution < -0.4 is 5.32 Å². The Balaban J connectivity index is 0.00000242. The fourth-order valence-corrected chi connectivity index (χ4v) is 4.57. The van der Waals surface area contributed by atoms with Gasteiger partial charge in [-0.2, -0.15) is 4.31 Å². The molecule has 2 rings (SSSR count). The summed E-state index contributed by atoms with van der Waals surface area (Å²) >= 11 is 0. The molecule has 2 heterocycles. The molecule has 2 unspecified atom stereocenters. The van der Waals surface area contributed by atoms with Gasteiger partial charge < -0.3 is 15.0 Å². The summed E-state index contributed by atoms with van der Waals surface area (Å²) in [6.45, 7) is 4.58. The summed E-state index contributed by atoms with van der Waals surface area (Å²) in [7, 11) is -1.85. The molecule has 130 valence electrons. The Kier molecular flexibility index (Phi) is 7.54. The fourth-order valence-electron chi connectivity index (χ4n) is 2.99. The zero-order valence-electron chi connectivity index (χ0n) is 13.2. The van der Waals surface area contributed by atoms with E-state index in [4.69, 9.17) is 4.74 Å². The number of hydrogen-bond acceptors (Lipinski definition) is 5. The van der Waals surface area contributed by atoms with Gasteiger partial charge in [0.1, 0.15) is 0 Å². The first-order valence-corrected chi connectivity index (χ1v) is 8.95. The van der Waals surface area contributed by atoms with Crippen molar-refractivity contribution < 1.29 is 17.9 Å². The van der Waals surface area contributed by atoms with Crippen LogP contribution in [0.1, 0.15) is 19.8 Å². The van der Waals surface area contributed by atoms with Crippen molar-refractivity contribution >= 4 is 28.3 Å². The normalized spacial score (nSPS) is 25.6. The van der Waals surface area contributed by atoms with Gasteiger partial charge in [0.05, 0.1) is 18.4 Å². The van der Waals surface area contributed by atoms with Crippen molar-refractivity contribution in [3.63, 3.8) is 0 Å². The van der Waals surface area contributed by atoms with Crippen molar-refractivity contribution in [2.75, 3.05) is 46.4 Å². The van der Waals surface area contributed by atoms with E-state index in [-0.39, 0.29) is 31.0 Å².